The molecule has 7 heteroatoms. The van der Waals surface area contributed by atoms with E-state index in [1.807, 2.05) is 12.1 Å². The molecule has 0 spiro atoms. The average Bonchev–Trinajstić information content (AvgIpc) is 2.73. The summed E-state index contributed by atoms with van der Waals surface area (Å²) in [5.41, 5.74) is 0.497. The first-order chi connectivity index (χ1) is 16.1. The second-order valence-corrected chi connectivity index (χ2v) is 9.83. The van der Waals surface area contributed by atoms with Crippen molar-refractivity contribution in [1.29, 1.82) is 0 Å². The van der Waals surface area contributed by atoms with Crippen LogP contribution in [-0.2, 0) is 14.3 Å². The van der Waals surface area contributed by atoms with Crippen LogP contribution >= 0.6 is 0 Å². The van der Waals surface area contributed by atoms with E-state index in [2.05, 4.69) is 23.5 Å². The Morgan fingerprint density at radius 2 is 1.88 bits per heavy atom. The Hall–Kier alpha value is -3.01. The first kappa shape index (κ1) is 27.2. The van der Waals surface area contributed by atoms with E-state index in [-0.39, 0.29) is 17.9 Å². The van der Waals surface area contributed by atoms with Crippen molar-refractivity contribution in [3.8, 4) is 12.3 Å². The summed E-state index contributed by atoms with van der Waals surface area (Å²) >= 11 is 0. The molecule has 1 fully saturated rings. The Kier molecular flexibility index (Phi) is 9.97. The molecule has 0 radical (unpaired) electrons. The normalized spacial score (nSPS) is 15.3. The predicted molar refractivity (Wildman–Crippen MR) is 133 cm³/mol. The van der Waals surface area contributed by atoms with Crippen LogP contribution in [-0.4, -0.2) is 47.0 Å². The number of alkyl carbamates (subject to hydrolysis) is 1. The summed E-state index contributed by atoms with van der Waals surface area (Å²) in [6, 6.07) is 5.36. The van der Waals surface area contributed by atoms with Crippen molar-refractivity contribution in [3.63, 3.8) is 0 Å². The maximum absolute atomic E-state index is 13.7. The molecule has 1 aromatic carbocycles. The summed E-state index contributed by atoms with van der Waals surface area (Å²) in [5, 5.41) is 5.63. The van der Waals surface area contributed by atoms with Gasteiger partial charge in [0, 0.05) is 18.2 Å². The summed E-state index contributed by atoms with van der Waals surface area (Å²) in [6.45, 7) is 9.52. The number of hydrogen-bond acceptors (Lipinski definition) is 4. The quantitative estimate of drug-likeness (QED) is 0.395. The zero-order valence-electron chi connectivity index (χ0n) is 21.1. The molecule has 34 heavy (non-hydrogen) atoms. The largest absolute Gasteiger partial charge is 0.444 e. The summed E-state index contributed by atoms with van der Waals surface area (Å²) in [5.74, 6) is 2.06. The molecule has 0 aliphatic heterocycles. The number of carbonyl (C=O) groups is 3. The van der Waals surface area contributed by atoms with Gasteiger partial charge in [-0.05, 0) is 65.0 Å². The van der Waals surface area contributed by atoms with E-state index in [1.54, 1.807) is 44.7 Å². The summed E-state index contributed by atoms with van der Waals surface area (Å²) in [7, 11) is 0. The molecule has 1 aliphatic carbocycles. The first-order valence-corrected chi connectivity index (χ1v) is 12.2. The van der Waals surface area contributed by atoms with Crippen molar-refractivity contribution in [2.75, 3.05) is 6.54 Å². The lowest BCUT2D eigenvalue weighted by molar-refractivity contribution is -0.147. The third kappa shape index (κ3) is 7.51. The maximum Gasteiger partial charge on any atom is 0.408 e. The van der Waals surface area contributed by atoms with Crippen LogP contribution < -0.4 is 10.6 Å². The number of nitrogens with zero attached hydrogens (tertiary/aromatic N) is 1. The Bertz CT molecular complexity index is 896. The number of nitrogens with one attached hydrogen (secondary N) is 2. The molecule has 2 atom stereocenters. The summed E-state index contributed by atoms with van der Waals surface area (Å²) in [4.78, 5) is 41.1. The molecule has 1 aromatic rings. The molecule has 186 valence electrons. The van der Waals surface area contributed by atoms with Gasteiger partial charge in [0.05, 0.1) is 0 Å². The van der Waals surface area contributed by atoms with E-state index >= 15 is 0 Å². The molecule has 0 saturated heterocycles. The van der Waals surface area contributed by atoms with Crippen LogP contribution in [0.1, 0.15) is 90.3 Å². The third-order valence-electron chi connectivity index (χ3n) is 5.84. The fourth-order valence-electron chi connectivity index (χ4n) is 3.92. The molecular formula is C27H39N3O4. The molecule has 1 aliphatic rings. The summed E-state index contributed by atoms with van der Waals surface area (Å²) < 4.78 is 5.32. The standard InChI is InChI=1S/C27H39N3O4/c1-7-9-12-18-28-24(31)23(22-17-11-10-14-20(22)8-2)30(21-15-13-16-21)25(32)19(3)29-26(33)34-27(4,5)6/h2,10-11,14,17,19,21,23H,7,9,12-13,15-16,18H2,1,3-6H3,(H,28,31)(H,29,33). The van der Waals surface area contributed by atoms with Crippen LogP contribution in [0.3, 0.4) is 0 Å². The minimum atomic E-state index is -0.880. The third-order valence-corrected chi connectivity index (χ3v) is 5.84. The SMILES string of the molecule is C#Cc1ccccc1C(C(=O)NCCCCC)N(C(=O)C(C)NC(=O)OC(C)(C)C)C1CCC1. The molecule has 2 unspecified atom stereocenters. The maximum atomic E-state index is 13.7. The van der Waals surface area contributed by atoms with Gasteiger partial charge in [0.25, 0.3) is 0 Å². The monoisotopic (exact) mass is 469 g/mol. The highest BCUT2D eigenvalue weighted by Gasteiger charge is 2.41. The van der Waals surface area contributed by atoms with Gasteiger partial charge in [0.15, 0.2) is 0 Å². The Balaban J connectivity index is 2.37. The summed E-state index contributed by atoms with van der Waals surface area (Å²) in [6.07, 6.45) is 10.6. The second kappa shape index (κ2) is 12.5. The van der Waals surface area contributed by atoms with Crippen LogP contribution in [0.5, 0.6) is 0 Å². The number of benzene rings is 1. The van der Waals surface area contributed by atoms with Gasteiger partial charge in [-0.1, -0.05) is 43.9 Å². The molecule has 2 rings (SSSR count). The van der Waals surface area contributed by atoms with Gasteiger partial charge in [-0.15, -0.1) is 6.42 Å². The highest BCUT2D eigenvalue weighted by Crippen LogP contribution is 2.34. The molecular weight excluding hydrogens is 430 g/mol. The molecule has 0 heterocycles. The van der Waals surface area contributed by atoms with Gasteiger partial charge in [-0.3, -0.25) is 9.59 Å². The topological polar surface area (TPSA) is 87.7 Å². The lowest BCUT2D eigenvalue weighted by Crippen LogP contribution is -2.56. The Morgan fingerprint density at radius 3 is 2.44 bits per heavy atom. The van der Waals surface area contributed by atoms with Crippen molar-refractivity contribution in [1.82, 2.24) is 15.5 Å². The minimum Gasteiger partial charge on any atom is -0.444 e. The van der Waals surface area contributed by atoms with Gasteiger partial charge in [0.2, 0.25) is 11.8 Å². The van der Waals surface area contributed by atoms with Crippen molar-refractivity contribution in [2.45, 2.75) is 96.9 Å². The Morgan fingerprint density at radius 1 is 1.21 bits per heavy atom. The van der Waals surface area contributed by atoms with Crippen molar-refractivity contribution >= 4 is 17.9 Å². The Labute approximate surface area is 204 Å². The van der Waals surface area contributed by atoms with E-state index in [9.17, 15) is 14.4 Å². The molecule has 1 saturated carbocycles. The van der Waals surface area contributed by atoms with Crippen LogP contribution in [0.15, 0.2) is 24.3 Å². The van der Waals surface area contributed by atoms with E-state index < -0.39 is 23.8 Å². The highest BCUT2D eigenvalue weighted by molar-refractivity contribution is 5.92. The molecule has 2 N–H and O–H groups in total. The van der Waals surface area contributed by atoms with Gasteiger partial charge in [0.1, 0.15) is 17.7 Å². The van der Waals surface area contributed by atoms with E-state index in [1.165, 1.54) is 0 Å². The number of hydrogen-bond donors (Lipinski definition) is 2. The first-order valence-electron chi connectivity index (χ1n) is 12.2. The fraction of sp³-hybridized carbons (Fsp3) is 0.593. The predicted octanol–water partition coefficient (Wildman–Crippen LogP) is 4.31. The second-order valence-electron chi connectivity index (χ2n) is 9.83. The van der Waals surface area contributed by atoms with Crippen molar-refractivity contribution in [3.05, 3.63) is 35.4 Å². The van der Waals surface area contributed by atoms with E-state index in [4.69, 9.17) is 11.2 Å². The van der Waals surface area contributed by atoms with Crippen molar-refractivity contribution in [2.24, 2.45) is 0 Å². The number of carbonyl (C=O) groups excluding carboxylic acids is 3. The van der Waals surface area contributed by atoms with Crippen LogP contribution in [0.2, 0.25) is 0 Å². The van der Waals surface area contributed by atoms with E-state index in [0.717, 1.165) is 38.5 Å². The lowest BCUT2D eigenvalue weighted by Gasteiger charge is -2.43. The zero-order chi connectivity index (χ0) is 25.3. The highest BCUT2D eigenvalue weighted by atomic mass is 16.6. The molecule has 7 nitrogen and oxygen atoms in total. The van der Waals surface area contributed by atoms with Gasteiger partial charge in [-0.25, -0.2) is 4.79 Å². The minimum absolute atomic E-state index is 0.104. The van der Waals surface area contributed by atoms with Crippen LogP contribution in [0, 0.1) is 12.3 Å². The van der Waals surface area contributed by atoms with Crippen LogP contribution in [0.25, 0.3) is 0 Å². The fourth-order valence-corrected chi connectivity index (χ4v) is 3.92. The zero-order valence-corrected chi connectivity index (χ0v) is 21.1. The number of unbranched alkanes of at least 4 members (excludes halogenated alkanes) is 2. The molecule has 0 aromatic heterocycles. The molecule has 3 amide bonds. The van der Waals surface area contributed by atoms with E-state index in [0.29, 0.717) is 17.7 Å². The number of terminal acetylenes is 1. The lowest BCUT2D eigenvalue weighted by atomic mass is 9.87. The van der Waals surface area contributed by atoms with Crippen LogP contribution in [0.4, 0.5) is 4.79 Å². The number of rotatable bonds is 10. The smallest absolute Gasteiger partial charge is 0.408 e. The molecule has 0 bridgehead atoms. The average molecular weight is 470 g/mol. The van der Waals surface area contributed by atoms with Gasteiger partial charge < -0.3 is 20.3 Å². The number of ether oxygens (including phenoxy) is 1. The number of amides is 3. The van der Waals surface area contributed by atoms with Gasteiger partial charge >= 0.3 is 6.09 Å². The van der Waals surface area contributed by atoms with Crippen molar-refractivity contribution < 1.29 is 19.1 Å². The van der Waals surface area contributed by atoms with Gasteiger partial charge in [-0.2, -0.15) is 0 Å².